The molecule has 0 aromatic carbocycles. The molecule has 1 N–H and O–H groups in total. The Labute approximate surface area is 116 Å². The van der Waals surface area contributed by atoms with Crippen LogP contribution in [0.15, 0.2) is 12.5 Å². The summed E-state index contributed by atoms with van der Waals surface area (Å²) in [4.78, 5) is 16.4. The Kier molecular flexibility index (Phi) is 3.31. The van der Waals surface area contributed by atoms with Gasteiger partial charge < -0.3 is 5.32 Å². The van der Waals surface area contributed by atoms with E-state index in [1.165, 1.54) is 6.33 Å². The first-order valence-corrected chi connectivity index (χ1v) is 6.69. The molecule has 20 heavy (non-hydrogen) atoms. The average molecular weight is 275 g/mol. The van der Waals surface area contributed by atoms with E-state index in [0.29, 0.717) is 17.6 Å². The van der Waals surface area contributed by atoms with Crippen LogP contribution in [-0.4, -0.2) is 48.6 Å². The number of rotatable bonds is 5. The van der Waals surface area contributed by atoms with Crippen molar-refractivity contribution in [1.82, 2.24) is 35.1 Å². The zero-order valence-electron chi connectivity index (χ0n) is 11.5. The molecule has 0 bridgehead atoms. The minimum absolute atomic E-state index is 0.0848. The SMILES string of the molecule is CC(C)n1ncnc1CC(=O)c1cn(C2CNC2)nn1. The van der Waals surface area contributed by atoms with E-state index in [0.717, 1.165) is 13.1 Å². The van der Waals surface area contributed by atoms with Crippen LogP contribution in [0.25, 0.3) is 0 Å². The summed E-state index contributed by atoms with van der Waals surface area (Å²) in [5.41, 5.74) is 0.384. The molecule has 0 atom stereocenters. The molecule has 0 amide bonds. The van der Waals surface area contributed by atoms with Gasteiger partial charge in [0.05, 0.1) is 18.7 Å². The Morgan fingerprint density at radius 2 is 2.30 bits per heavy atom. The number of hydrogen-bond donors (Lipinski definition) is 1. The van der Waals surface area contributed by atoms with Crippen LogP contribution in [-0.2, 0) is 6.42 Å². The van der Waals surface area contributed by atoms with Crippen molar-refractivity contribution in [1.29, 1.82) is 0 Å². The Morgan fingerprint density at radius 1 is 1.50 bits per heavy atom. The normalized spacial score (nSPS) is 15.6. The number of ketones is 1. The zero-order chi connectivity index (χ0) is 14.1. The lowest BCUT2D eigenvalue weighted by Crippen LogP contribution is -2.43. The van der Waals surface area contributed by atoms with Crippen LogP contribution in [0, 0.1) is 0 Å². The molecule has 0 unspecified atom stereocenters. The number of nitrogens with zero attached hydrogens (tertiary/aromatic N) is 6. The summed E-state index contributed by atoms with van der Waals surface area (Å²) in [6, 6.07) is 0.486. The van der Waals surface area contributed by atoms with Crippen molar-refractivity contribution in [3.8, 4) is 0 Å². The second kappa shape index (κ2) is 5.12. The van der Waals surface area contributed by atoms with E-state index in [-0.39, 0.29) is 18.2 Å². The fraction of sp³-hybridized carbons (Fsp3) is 0.583. The molecular weight excluding hydrogens is 258 g/mol. The molecular formula is C12H17N7O. The van der Waals surface area contributed by atoms with Crippen molar-refractivity contribution < 1.29 is 4.79 Å². The van der Waals surface area contributed by atoms with Crippen molar-refractivity contribution in [3.63, 3.8) is 0 Å². The van der Waals surface area contributed by atoms with Gasteiger partial charge in [-0.05, 0) is 13.8 Å². The molecule has 2 aromatic heterocycles. The Balaban J connectivity index is 1.72. The number of carbonyl (C=O) groups excluding carboxylic acids is 1. The maximum absolute atomic E-state index is 12.2. The van der Waals surface area contributed by atoms with E-state index in [1.807, 2.05) is 13.8 Å². The van der Waals surface area contributed by atoms with Gasteiger partial charge in [0.1, 0.15) is 17.8 Å². The average Bonchev–Trinajstić information content (AvgIpc) is 2.95. The molecule has 8 nitrogen and oxygen atoms in total. The standard InChI is InChI=1S/C12H17N7O/c1-8(2)19-12(14-7-15-19)3-11(20)10-6-18(17-16-10)9-4-13-5-9/h6-9,13H,3-5H2,1-2H3. The third-order valence-electron chi connectivity index (χ3n) is 3.39. The molecule has 1 aliphatic heterocycles. The smallest absolute Gasteiger partial charge is 0.192 e. The molecule has 8 heteroatoms. The summed E-state index contributed by atoms with van der Waals surface area (Å²) in [5.74, 6) is 0.572. The predicted octanol–water partition coefficient (Wildman–Crippen LogP) is 0.0202. The van der Waals surface area contributed by atoms with Crippen molar-refractivity contribution in [2.45, 2.75) is 32.4 Å². The summed E-state index contributed by atoms with van der Waals surface area (Å²) in [7, 11) is 0. The molecule has 3 heterocycles. The van der Waals surface area contributed by atoms with Crippen LogP contribution in [0.4, 0.5) is 0 Å². The van der Waals surface area contributed by atoms with E-state index in [9.17, 15) is 4.79 Å². The molecule has 0 radical (unpaired) electrons. The topological polar surface area (TPSA) is 90.5 Å². The molecule has 0 aliphatic carbocycles. The van der Waals surface area contributed by atoms with Crippen LogP contribution in [0.2, 0.25) is 0 Å². The number of nitrogens with one attached hydrogen (secondary N) is 1. The highest BCUT2D eigenvalue weighted by atomic mass is 16.1. The Hall–Kier alpha value is -2.09. The maximum atomic E-state index is 12.2. The highest BCUT2D eigenvalue weighted by Crippen LogP contribution is 2.12. The Bertz CT molecular complexity index is 611. The summed E-state index contributed by atoms with van der Waals surface area (Å²) >= 11 is 0. The number of hydrogen-bond acceptors (Lipinski definition) is 6. The van der Waals surface area contributed by atoms with Gasteiger partial charge in [0, 0.05) is 19.1 Å². The predicted molar refractivity (Wildman–Crippen MR) is 70.4 cm³/mol. The van der Waals surface area contributed by atoms with Crippen LogP contribution in [0.5, 0.6) is 0 Å². The minimum Gasteiger partial charge on any atom is -0.312 e. The first kappa shape index (κ1) is 12.9. The number of carbonyl (C=O) groups is 1. The van der Waals surface area contributed by atoms with E-state index in [4.69, 9.17) is 0 Å². The molecule has 2 aromatic rings. The molecule has 1 fully saturated rings. The quantitative estimate of drug-likeness (QED) is 0.774. The second-order valence-electron chi connectivity index (χ2n) is 5.21. The molecule has 0 spiro atoms. The third-order valence-corrected chi connectivity index (χ3v) is 3.39. The third kappa shape index (κ3) is 2.34. The summed E-state index contributed by atoms with van der Waals surface area (Å²) in [5, 5.41) is 15.2. The zero-order valence-corrected chi connectivity index (χ0v) is 11.5. The fourth-order valence-corrected chi connectivity index (χ4v) is 2.11. The fourth-order valence-electron chi connectivity index (χ4n) is 2.11. The van der Waals surface area contributed by atoms with Crippen LogP contribution < -0.4 is 5.32 Å². The summed E-state index contributed by atoms with van der Waals surface area (Å²) in [6.07, 6.45) is 3.38. The van der Waals surface area contributed by atoms with Crippen LogP contribution in [0.3, 0.4) is 0 Å². The van der Waals surface area contributed by atoms with Crippen LogP contribution in [0.1, 0.15) is 42.2 Å². The van der Waals surface area contributed by atoms with Crippen molar-refractivity contribution in [2.24, 2.45) is 0 Å². The van der Waals surface area contributed by atoms with E-state index in [1.54, 1.807) is 15.6 Å². The molecule has 1 saturated heterocycles. The molecule has 1 aliphatic rings. The van der Waals surface area contributed by atoms with E-state index in [2.05, 4.69) is 25.7 Å². The number of aromatic nitrogens is 6. The van der Waals surface area contributed by atoms with Crippen molar-refractivity contribution in [2.75, 3.05) is 13.1 Å². The highest BCUT2D eigenvalue weighted by molar-refractivity contribution is 5.95. The summed E-state index contributed by atoms with van der Waals surface area (Å²) in [6.45, 7) is 5.75. The van der Waals surface area contributed by atoms with Crippen molar-refractivity contribution in [3.05, 3.63) is 24.0 Å². The lowest BCUT2D eigenvalue weighted by molar-refractivity contribution is 0.0984. The van der Waals surface area contributed by atoms with Gasteiger partial charge in [-0.2, -0.15) is 5.10 Å². The Morgan fingerprint density at radius 3 is 2.95 bits per heavy atom. The van der Waals surface area contributed by atoms with Gasteiger partial charge in [-0.15, -0.1) is 5.10 Å². The number of Topliss-reactive ketones (excluding diaryl/α,β-unsaturated/α-hetero) is 1. The maximum Gasteiger partial charge on any atom is 0.192 e. The van der Waals surface area contributed by atoms with E-state index < -0.39 is 0 Å². The van der Waals surface area contributed by atoms with E-state index >= 15 is 0 Å². The monoisotopic (exact) mass is 275 g/mol. The van der Waals surface area contributed by atoms with Crippen molar-refractivity contribution >= 4 is 5.78 Å². The lowest BCUT2D eigenvalue weighted by Gasteiger charge is -2.26. The minimum atomic E-state index is -0.0848. The van der Waals surface area contributed by atoms with Gasteiger partial charge in [0.25, 0.3) is 0 Å². The first-order chi connectivity index (χ1) is 9.65. The van der Waals surface area contributed by atoms with Gasteiger partial charge in [0.2, 0.25) is 0 Å². The molecule has 106 valence electrons. The lowest BCUT2D eigenvalue weighted by atomic mass is 10.2. The largest absolute Gasteiger partial charge is 0.312 e. The van der Waals surface area contributed by atoms with Gasteiger partial charge in [-0.25, -0.2) is 14.3 Å². The van der Waals surface area contributed by atoms with Crippen LogP contribution >= 0.6 is 0 Å². The molecule has 0 saturated carbocycles. The highest BCUT2D eigenvalue weighted by Gasteiger charge is 2.22. The van der Waals surface area contributed by atoms with Gasteiger partial charge in [-0.3, -0.25) is 4.79 Å². The summed E-state index contributed by atoms with van der Waals surface area (Å²) < 4.78 is 3.50. The van der Waals surface area contributed by atoms with Gasteiger partial charge >= 0.3 is 0 Å². The first-order valence-electron chi connectivity index (χ1n) is 6.69. The van der Waals surface area contributed by atoms with Gasteiger partial charge in [-0.1, -0.05) is 5.21 Å². The molecule has 3 rings (SSSR count). The van der Waals surface area contributed by atoms with Gasteiger partial charge in [0.15, 0.2) is 5.78 Å². The second-order valence-corrected chi connectivity index (χ2v) is 5.21.